The number of hydrogen-bond donors (Lipinski definition) is 1. The van der Waals surface area contributed by atoms with Crippen LogP contribution in [0.3, 0.4) is 0 Å². The summed E-state index contributed by atoms with van der Waals surface area (Å²) in [5.41, 5.74) is 6.36. The van der Waals surface area contributed by atoms with E-state index in [4.69, 9.17) is 10.5 Å². The Morgan fingerprint density at radius 1 is 1.19 bits per heavy atom. The number of nitro groups is 1. The van der Waals surface area contributed by atoms with Gasteiger partial charge in [-0.2, -0.15) is 0 Å². The molecule has 1 aromatic carbocycles. The van der Waals surface area contributed by atoms with Gasteiger partial charge in [-0.3, -0.25) is 10.1 Å². The molecule has 0 amide bonds. The number of ether oxygens (including phenoxy) is 1. The summed E-state index contributed by atoms with van der Waals surface area (Å²) in [6.07, 6.45) is 7.87. The Bertz CT molecular complexity index is 524. The molecule has 21 heavy (non-hydrogen) atoms. The van der Waals surface area contributed by atoms with Crippen molar-refractivity contribution in [2.45, 2.75) is 57.1 Å². The van der Waals surface area contributed by atoms with Gasteiger partial charge in [-0.1, -0.05) is 37.8 Å². The van der Waals surface area contributed by atoms with Crippen molar-refractivity contribution in [3.63, 3.8) is 0 Å². The summed E-state index contributed by atoms with van der Waals surface area (Å²) >= 11 is 0. The number of nitrogens with zero attached hydrogens (tertiary/aromatic N) is 1. The predicted octanol–water partition coefficient (Wildman–Crippen LogP) is 3.41. The lowest BCUT2D eigenvalue weighted by atomic mass is 9.58. The first-order valence-corrected chi connectivity index (χ1v) is 7.79. The molecule has 0 aromatic heterocycles. The molecule has 0 aliphatic heterocycles. The van der Waals surface area contributed by atoms with Crippen LogP contribution in [0.1, 0.15) is 44.9 Å². The molecule has 2 atom stereocenters. The van der Waals surface area contributed by atoms with Gasteiger partial charge < -0.3 is 10.5 Å². The lowest BCUT2D eigenvalue weighted by Gasteiger charge is -2.54. The molecule has 2 aliphatic carbocycles. The molecule has 2 unspecified atom stereocenters. The van der Waals surface area contributed by atoms with Gasteiger partial charge in [-0.15, -0.1) is 0 Å². The fourth-order valence-electron chi connectivity index (χ4n) is 3.88. The maximum absolute atomic E-state index is 11.1. The normalized spacial score (nSPS) is 27.7. The summed E-state index contributed by atoms with van der Waals surface area (Å²) in [7, 11) is 0. The fraction of sp³-hybridized carbons (Fsp3) is 0.625. The second kappa shape index (κ2) is 5.64. The van der Waals surface area contributed by atoms with Gasteiger partial charge in [0.1, 0.15) is 6.10 Å². The standard InChI is InChI=1S/C16H22N2O3/c17-14-11-15(16(14)9-5-1-2-6-10-16)21-13-8-4-3-7-12(13)18(19)20/h3-4,7-8,14-15H,1-2,5-6,9-11,17H2. The van der Waals surface area contributed by atoms with Gasteiger partial charge in [0.25, 0.3) is 0 Å². The third-order valence-corrected chi connectivity index (χ3v) is 5.21. The maximum atomic E-state index is 11.1. The van der Waals surface area contributed by atoms with Gasteiger partial charge in [0.2, 0.25) is 0 Å². The summed E-state index contributed by atoms with van der Waals surface area (Å²) in [5.74, 6) is 0.378. The average Bonchev–Trinajstić information content (AvgIpc) is 2.75. The number of benzene rings is 1. The molecule has 3 rings (SSSR count). The Hall–Kier alpha value is -1.62. The first kappa shape index (κ1) is 14.3. The molecule has 114 valence electrons. The third-order valence-electron chi connectivity index (χ3n) is 5.21. The van der Waals surface area contributed by atoms with Crippen molar-refractivity contribution in [1.29, 1.82) is 0 Å². The highest BCUT2D eigenvalue weighted by Gasteiger charge is 2.54. The molecule has 1 spiro atoms. The van der Waals surface area contributed by atoms with E-state index in [0.717, 1.165) is 19.3 Å². The van der Waals surface area contributed by atoms with Crippen LogP contribution < -0.4 is 10.5 Å². The summed E-state index contributed by atoms with van der Waals surface area (Å²) in [4.78, 5) is 10.7. The van der Waals surface area contributed by atoms with Gasteiger partial charge in [0.15, 0.2) is 5.75 Å². The van der Waals surface area contributed by atoms with E-state index in [1.165, 1.54) is 31.7 Å². The molecule has 0 bridgehead atoms. The van der Waals surface area contributed by atoms with Crippen LogP contribution >= 0.6 is 0 Å². The number of nitro benzene ring substituents is 1. The molecule has 0 heterocycles. The van der Waals surface area contributed by atoms with Crippen molar-refractivity contribution in [3.05, 3.63) is 34.4 Å². The van der Waals surface area contributed by atoms with Crippen molar-refractivity contribution in [2.24, 2.45) is 11.1 Å². The molecular weight excluding hydrogens is 268 g/mol. The van der Waals surface area contributed by atoms with E-state index in [-0.39, 0.29) is 28.2 Å². The molecule has 2 fully saturated rings. The van der Waals surface area contributed by atoms with Crippen LogP contribution in [-0.2, 0) is 0 Å². The Morgan fingerprint density at radius 2 is 1.86 bits per heavy atom. The van der Waals surface area contributed by atoms with Crippen molar-refractivity contribution in [2.75, 3.05) is 0 Å². The van der Waals surface area contributed by atoms with Crippen LogP contribution in [0.2, 0.25) is 0 Å². The molecule has 2 saturated carbocycles. The van der Waals surface area contributed by atoms with Gasteiger partial charge in [-0.25, -0.2) is 0 Å². The second-order valence-electron chi connectivity index (χ2n) is 6.32. The van der Waals surface area contributed by atoms with E-state index in [1.807, 2.05) is 0 Å². The zero-order chi connectivity index (χ0) is 14.9. The van der Waals surface area contributed by atoms with E-state index in [0.29, 0.717) is 5.75 Å². The van der Waals surface area contributed by atoms with Crippen LogP contribution in [0.5, 0.6) is 5.75 Å². The number of hydrogen-bond acceptors (Lipinski definition) is 4. The Kier molecular flexibility index (Phi) is 3.85. The number of para-hydroxylation sites is 2. The van der Waals surface area contributed by atoms with E-state index < -0.39 is 0 Å². The first-order chi connectivity index (χ1) is 10.1. The van der Waals surface area contributed by atoms with Gasteiger partial charge in [-0.05, 0) is 18.9 Å². The topological polar surface area (TPSA) is 78.4 Å². The zero-order valence-corrected chi connectivity index (χ0v) is 12.2. The quantitative estimate of drug-likeness (QED) is 0.683. The van der Waals surface area contributed by atoms with Crippen molar-refractivity contribution >= 4 is 5.69 Å². The summed E-state index contributed by atoms with van der Waals surface area (Å²) in [6.45, 7) is 0. The maximum Gasteiger partial charge on any atom is 0.310 e. The van der Waals surface area contributed by atoms with Gasteiger partial charge in [0.05, 0.1) is 4.92 Å². The van der Waals surface area contributed by atoms with E-state index in [1.54, 1.807) is 18.2 Å². The van der Waals surface area contributed by atoms with Gasteiger partial charge >= 0.3 is 5.69 Å². The largest absolute Gasteiger partial charge is 0.483 e. The van der Waals surface area contributed by atoms with E-state index in [9.17, 15) is 10.1 Å². The molecule has 0 radical (unpaired) electrons. The lowest BCUT2D eigenvalue weighted by Crippen LogP contribution is -2.63. The van der Waals surface area contributed by atoms with Crippen LogP contribution in [0.4, 0.5) is 5.69 Å². The Labute approximate surface area is 124 Å². The molecule has 0 saturated heterocycles. The van der Waals surface area contributed by atoms with Gasteiger partial charge in [0, 0.05) is 23.9 Å². The van der Waals surface area contributed by atoms with Crippen molar-refractivity contribution < 1.29 is 9.66 Å². The minimum atomic E-state index is -0.381. The smallest absolute Gasteiger partial charge is 0.310 e. The second-order valence-corrected chi connectivity index (χ2v) is 6.32. The lowest BCUT2D eigenvalue weighted by molar-refractivity contribution is -0.386. The van der Waals surface area contributed by atoms with Crippen LogP contribution in [0.25, 0.3) is 0 Å². The molecule has 5 heteroatoms. The molecule has 2 N–H and O–H groups in total. The SMILES string of the molecule is NC1CC(Oc2ccccc2[N+](=O)[O-])C12CCCCCC2. The monoisotopic (exact) mass is 290 g/mol. The molecule has 5 nitrogen and oxygen atoms in total. The number of nitrogens with two attached hydrogens (primary N) is 1. The van der Waals surface area contributed by atoms with Crippen molar-refractivity contribution in [3.8, 4) is 5.75 Å². The minimum absolute atomic E-state index is 0.0201. The fourth-order valence-corrected chi connectivity index (χ4v) is 3.88. The highest BCUT2D eigenvalue weighted by atomic mass is 16.6. The summed E-state index contributed by atoms with van der Waals surface area (Å²) in [6, 6.07) is 6.79. The van der Waals surface area contributed by atoms with E-state index >= 15 is 0 Å². The van der Waals surface area contributed by atoms with Crippen molar-refractivity contribution in [1.82, 2.24) is 0 Å². The predicted molar refractivity (Wildman–Crippen MR) is 80.2 cm³/mol. The molecule has 2 aliphatic rings. The first-order valence-electron chi connectivity index (χ1n) is 7.79. The highest BCUT2D eigenvalue weighted by molar-refractivity contribution is 5.46. The Morgan fingerprint density at radius 3 is 2.48 bits per heavy atom. The summed E-state index contributed by atoms with van der Waals surface area (Å²) in [5, 5.41) is 11.1. The van der Waals surface area contributed by atoms with E-state index in [2.05, 4.69) is 0 Å². The third kappa shape index (κ3) is 2.50. The zero-order valence-electron chi connectivity index (χ0n) is 12.2. The summed E-state index contributed by atoms with van der Waals surface area (Å²) < 4.78 is 6.04. The average molecular weight is 290 g/mol. The number of rotatable bonds is 3. The Balaban J connectivity index is 1.80. The minimum Gasteiger partial charge on any atom is -0.483 e. The van der Waals surface area contributed by atoms with Crippen LogP contribution in [0, 0.1) is 15.5 Å². The highest BCUT2D eigenvalue weighted by Crippen LogP contribution is 2.52. The molecule has 1 aromatic rings. The molecular formula is C16H22N2O3. The van der Waals surface area contributed by atoms with Crippen LogP contribution in [0.15, 0.2) is 24.3 Å². The van der Waals surface area contributed by atoms with Crippen LogP contribution in [-0.4, -0.2) is 17.1 Å².